The molecule has 0 aliphatic carbocycles. The van der Waals surface area contributed by atoms with Crippen molar-refractivity contribution in [1.82, 2.24) is 5.32 Å². The van der Waals surface area contributed by atoms with Crippen molar-refractivity contribution in [1.29, 1.82) is 0 Å². The van der Waals surface area contributed by atoms with E-state index < -0.39 is 0 Å². The molecule has 0 radical (unpaired) electrons. The monoisotopic (exact) mass is 306 g/mol. The Morgan fingerprint density at radius 1 is 1.32 bits per heavy atom. The van der Waals surface area contributed by atoms with E-state index in [9.17, 15) is 4.79 Å². The second-order valence-electron chi connectivity index (χ2n) is 5.59. The summed E-state index contributed by atoms with van der Waals surface area (Å²) in [7, 11) is 0. The Labute approximate surface area is 132 Å². The molecule has 0 bridgehead atoms. The average molecular weight is 306 g/mol. The predicted molar refractivity (Wildman–Crippen MR) is 85.9 cm³/mol. The number of rotatable bonds is 8. The van der Waals surface area contributed by atoms with Gasteiger partial charge in [0.15, 0.2) is 0 Å². The summed E-state index contributed by atoms with van der Waals surface area (Å²) in [6.07, 6.45) is 5.11. The average Bonchev–Trinajstić information content (AvgIpc) is 2.55. The minimum Gasteiger partial charge on any atom is -0.492 e. The molecule has 122 valence electrons. The Kier molecular flexibility index (Phi) is 7.19. The maximum absolute atomic E-state index is 11.9. The van der Waals surface area contributed by atoms with E-state index >= 15 is 0 Å². The van der Waals surface area contributed by atoms with Crippen molar-refractivity contribution in [3.05, 3.63) is 29.8 Å². The van der Waals surface area contributed by atoms with E-state index in [0.717, 1.165) is 37.2 Å². The van der Waals surface area contributed by atoms with Crippen LogP contribution in [0.25, 0.3) is 0 Å². The van der Waals surface area contributed by atoms with Gasteiger partial charge in [0.25, 0.3) is 0 Å². The molecule has 1 atom stereocenters. The molecule has 2 rings (SSSR count). The molecule has 0 saturated carbocycles. The molecule has 1 amide bonds. The Hall–Kier alpha value is -1.59. The van der Waals surface area contributed by atoms with Crippen LogP contribution in [0.5, 0.6) is 5.75 Å². The topological polar surface area (TPSA) is 73.6 Å². The van der Waals surface area contributed by atoms with Crippen LogP contribution in [0.2, 0.25) is 0 Å². The summed E-state index contributed by atoms with van der Waals surface area (Å²) in [5, 5.41) is 2.96. The lowest BCUT2D eigenvalue weighted by Gasteiger charge is -2.22. The minimum atomic E-state index is 0.0476. The van der Waals surface area contributed by atoms with Crippen molar-refractivity contribution >= 4 is 5.91 Å². The third kappa shape index (κ3) is 6.03. The Bertz CT molecular complexity index is 442. The number of nitrogens with one attached hydrogen (secondary N) is 1. The van der Waals surface area contributed by atoms with Crippen LogP contribution in [0, 0.1) is 0 Å². The number of ether oxygens (including phenoxy) is 2. The number of carbonyl (C=O) groups excluding carboxylic acids is 1. The molecule has 22 heavy (non-hydrogen) atoms. The van der Waals surface area contributed by atoms with Crippen molar-refractivity contribution in [3.8, 4) is 5.75 Å². The highest BCUT2D eigenvalue weighted by Crippen LogP contribution is 2.15. The van der Waals surface area contributed by atoms with Gasteiger partial charge in [0.2, 0.25) is 5.91 Å². The third-order valence-electron chi connectivity index (χ3n) is 3.74. The van der Waals surface area contributed by atoms with E-state index in [1.165, 1.54) is 6.42 Å². The second kappa shape index (κ2) is 9.43. The van der Waals surface area contributed by atoms with Crippen molar-refractivity contribution in [2.24, 2.45) is 5.73 Å². The van der Waals surface area contributed by atoms with Crippen molar-refractivity contribution in [2.45, 2.75) is 38.2 Å². The minimum absolute atomic E-state index is 0.0476. The molecular formula is C17H26N2O3. The molecule has 1 fully saturated rings. The maximum Gasteiger partial charge on any atom is 0.224 e. The molecular weight excluding hydrogens is 280 g/mol. The van der Waals surface area contributed by atoms with Crippen LogP contribution in [0.3, 0.4) is 0 Å². The summed E-state index contributed by atoms with van der Waals surface area (Å²) in [5.41, 5.74) is 6.36. The normalized spacial score (nSPS) is 18.0. The number of amides is 1. The third-order valence-corrected chi connectivity index (χ3v) is 3.74. The molecule has 1 aliphatic rings. The molecule has 1 heterocycles. The largest absolute Gasteiger partial charge is 0.492 e. The van der Waals surface area contributed by atoms with Crippen LogP contribution in [0.15, 0.2) is 24.3 Å². The van der Waals surface area contributed by atoms with E-state index in [0.29, 0.717) is 32.2 Å². The van der Waals surface area contributed by atoms with E-state index in [1.807, 2.05) is 24.3 Å². The Morgan fingerprint density at radius 2 is 2.14 bits per heavy atom. The van der Waals surface area contributed by atoms with Crippen LogP contribution in [0.1, 0.15) is 31.2 Å². The van der Waals surface area contributed by atoms with Gasteiger partial charge in [-0.15, -0.1) is 0 Å². The lowest BCUT2D eigenvalue weighted by Crippen LogP contribution is -2.30. The molecule has 0 spiro atoms. The highest BCUT2D eigenvalue weighted by Gasteiger charge is 2.13. The number of hydrogen-bond acceptors (Lipinski definition) is 4. The zero-order valence-corrected chi connectivity index (χ0v) is 13.1. The van der Waals surface area contributed by atoms with E-state index in [2.05, 4.69) is 5.32 Å². The molecule has 3 N–H and O–H groups in total. The fraction of sp³-hybridized carbons (Fsp3) is 0.588. The molecule has 5 heteroatoms. The van der Waals surface area contributed by atoms with Gasteiger partial charge < -0.3 is 20.5 Å². The van der Waals surface area contributed by atoms with E-state index in [4.69, 9.17) is 15.2 Å². The van der Waals surface area contributed by atoms with Crippen molar-refractivity contribution in [3.63, 3.8) is 0 Å². The first-order valence-corrected chi connectivity index (χ1v) is 8.08. The lowest BCUT2D eigenvalue weighted by atomic mass is 10.1. The summed E-state index contributed by atoms with van der Waals surface area (Å²) in [6, 6.07) is 7.56. The smallest absolute Gasteiger partial charge is 0.224 e. The Morgan fingerprint density at radius 3 is 2.82 bits per heavy atom. The van der Waals surface area contributed by atoms with Gasteiger partial charge in [0.1, 0.15) is 12.4 Å². The predicted octanol–water partition coefficient (Wildman–Crippen LogP) is 1.64. The molecule has 1 saturated heterocycles. The number of carbonyl (C=O) groups is 1. The van der Waals surface area contributed by atoms with Gasteiger partial charge in [-0.25, -0.2) is 0 Å². The molecule has 1 aliphatic heterocycles. The zero-order chi connectivity index (χ0) is 15.6. The second-order valence-corrected chi connectivity index (χ2v) is 5.59. The first kappa shape index (κ1) is 16.8. The quantitative estimate of drug-likeness (QED) is 0.766. The first-order valence-electron chi connectivity index (χ1n) is 8.08. The van der Waals surface area contributed by atoms with Gasteiger partial charge >= 0.3 is 0 Å². The van der Waals surface area contributed by atoms with E-state index in [1.54, 1.807) is 0 Å². The van der Waals surface area contributed by atoms with Crippen molar-refractivity contribution in [2.75, 3.05) is 26.3 Å². The van der Waals surface area contributed by atoms with Crippen LogP contribution in [-0.4, -0.2) is 38.3 Å². The maximum atomic E-state index is 11.9. The summed E-state index contributed by atoms with van der Waals surface area (Å²) >= 11 is 0. The van der Waals surface area contributed by atoms with Gasteiger partial charge in [0, 0.05) is 19.7 Å². The summed E-state index contributed by atoms with van der Waals surface area (Å²) < 4.78 is 11.1. The molecule has 0 unspecified atom stereocenters. The van der Waals surface area contributed by atoms with Crippen LogP contribution < -0.4 is 15.8 Å². The fourth-order valence-corrected chi connectivity index (χ4v) is 2.54. The SMILES string of the molecule is NCCOc1ccc(CC(=O)NCC[C@H]2CCCCO2)cc1. The zero-order valence-electron chi connectivity index (χ0n) is 13.1. The number of nitrogens with two attached hydrogens (primary N) is 1. The molecule has 0 aromatic heterocycles. The highest BCUT2D eigenvalue weighted by atomic mass is 16.5. The van der Waals surface area contributed by atoms with Gasteiger partial charge in [-0.1, -0.05) is 12.1 Å². The highest BCUT2D eigenvalue weighted by molar-refractivity contribution is 5.78. The number of hydrogen-bond donors (Lipinski definition) is 2. The summed E-state index contributed by atoms with van der Waals surface area (Å²) in [5.74, 6) is 0.829. The van der Waals surface area contributed by atoms with E-state index in [-0.39, 0.29) is 5.91 Å². The summed E-state index contributed by atoms with van der Waals surface area (Å²) in [4.78, 5) is 11.9. The van der Waals surface area contributed by atoms with Crippen molar-refractivity contribution < 1.29 is 14.3 Å². The lowest BCUT2D eigenvalue weighted by molar-refractivity contribution is -0.120. The molecule has 1 aromatic rings. The number of benzene rings is 1. The standard InChI is InChI=1S/C17H26N2O3/c18-9-12-22-16-6-4-14(5-7-16)13-17(20)19-10-8-15-3-1-2-11-21-15/h4-7,15H,1-3,8-13,18H2,(H,19,20)/t15-/m1/s1. The summed E-state index contributed by atoms with van der Waals surface area (Å²) in [6.45, 7) is 2.54. The first-order chi connectivity index (χ1) is 10.8. The van der Waals surface area contributed by atoms with Crippen LogP contribution in [0.4, 0.5) is 0 Å². The van der Waals surface area contributed by atoms with Gasteiger partial charge in [-0.3, -0.25) is 4.79 Å². The van der Waals surface area contributed by atoms with Gasteiger partial charge in [-0.05, 0) is 43.4 Å². The Balaban J connectivity index is 1.65. The fourth-order valence-electron chi connectivity index (χ4n) is 2.54. The van der Waals surface area contributed by atoms with Gasteiger partial charge in [-0.2, -0.15) is 0 Å². The van der Waals surface area contributed by atoms with Crippen LogP contribution >= 0.6 is 0 Å². The van der Waals surface area contributed by atoms with Gasteiger partial charge in [0.05, 0.1) is 12.5 Å². The molecule has 5 nitrogen and oxygen atoms in total. The van der Waals surface area contributed by atoms with Crippen LogP contribution in [-0.2, 0) is 16.0 Å². The molecule has 1 aromatic carbocycles.